The number of hydroxylamine groups is 1. The average molecular weight is 319 g/mol. The normalized spacial score (nSPS) is 24.7. The first-order chi connectivity index (χ1) is 10.8. The molecule has 2 N–H and O–H groups in total. The summed E-state index contributed by atoms with van der Waals surface area (Å²) in [5.74, 6) is 0.00810. The highest BCUT2D eigenvalue weighted by molar-refractivity contribution is 5.70. The van der Waals surface area contributed by atoms with E-state index in [0.29, 0.717) is 6.42 Å². The Hall–Kier alpha value is -1.59. The second-order valence-electron chi connectivity index (χ2n) is 7.11. The minimum absolute atomic E-state index is 0.0255. The summed E-state index contributed by atoms with van der Waals surface area (Å²) in [6, 6.07) is 2.10. The standard InChI is InChI=1S/C18H25NO4/c1-11-8-12(2)15-16(13(11)3)23-17(6-5-7-17)10-18(15,19-22-4)9-14(20)21/h8,19H,5-7,9-10H2,1-4H3,(H,20,21). The molecule has 1 aliphatic carbocycles. The quantitative estimate of drug-likeness (QED) is 0.835. The number of nitrogens with one attached hydrogen (secondary N) is 1. The van der Waals surface area contributed by atoms with Gasteiger partial charge in [0.15, 0.2) is 0 Å². The monoisotopic (exact) mass is 319 g/mol. The Morgan fingerprint density at radius 2 is 2.04 bits per heavy atom. The smallest absolute Gasteiger partial charge is 0.305 e. The molecule has 3 rings (SSSR count). The lowest BCUT2D eigenvalue weighted by Gasteiger charge is -2.53. The van der Waals surface area contributed by atoms with E-state index >= 15 is 0 Å². The number of hydrogen-bond donors (Lipinski definition) is 2. The molecule has 1 fully saturated rings. The molecule has 2 aliphatic rings. The van der Waals surface area contributed by atoms with Crippen LogP contribution in [0.4, 0.5) is 0 Å². The van der Waals surface area contributed by atoms with Gasteiger partial charge in [-0.3, -0.25) is 4.79 Å². The molecule has 0 aromatic heterocycles. The third-order valence-electron chi connectivity index (χ3n) is 5.42. The molecule has 1 aliphatic heterocycles. The Morgan fingerprint density at radius 1 is 1.35 bits per heavy atom. The van der Waals surface area contributed by atoms with E-state index in [0.717, 1.165) is 41.7 Å². The molecular weight excluding hydrogens is 294 g/mol. The predicted molar refractivity (Wildman–Crippen MR) is 86.6 cm³/mol. The molecule has 1 spiro atoms. The number of fused-ring (bicyclic) bond motifs is 1. The van der Waals surface area contributed by atoms with Gasteiger partial charge in [-0.05, 0) is 56.7 Å². The van der Waals surface area contributed by atoms with Gasteiger partial charge in [-0.25, -0.2) is 0 Å². The van der Waals surface area contributed by atoms with Crippen molar-refractivity contribution in [2.45, 2.75) is 64.0 Å². The molecule has 0 bridgehead atoms. The molecule has 1 heterocycles. The van der Waals surface area contributed by atoms with Crippen LogP contribution in [0.3, 0.4) is 0 Å². The number of ether oxygens (including phenoxy) is 1. The van der Waals surface area contributed by atoms with Gasteiger partial charge in [-0.1, -0.05) is 6.07 Å². The SMILES string of the molecule is CONC1(CC(=O)O)CC2(CCC2)Oc2c(C)c(C)cc(C)c21. The lowest BCUT2D eigenvalue weighted by Crippen LogP contribution is -2.58. The fourth-order valence-corrected chi connectivity index (χ4v) is 4.24. The van der Waals surface area contributed by atoms with Crippen LogP contribution in [0.1, 0.15) is 54.4 Å². The third-order valence-corrected chi connectivity index (χ3v) is 5.42. The number of carboxylic acid groups (broad SMARTS) is 1. The van der Waals surface area contributed by atoms with Gasteiger partial charge in [-0.15, -0.1) is 0 Å². The van der Waals surface area contributed by atoms with Crippen molar-refractivity contribution < 1.29 is 19.5 Å². The number of aliphatic carboxylic acids is 1. The van der Waals surface area contributed by atoms with E-state index in [9.17, 15) is 9.90 Å². The second kappa shape index (κ2) is 5.49. The van der Waals surface area contributed by atoms with Crippen molar-refractivity contribution in [2.24, 2.45) is 0 Å². The maximum Gasteiger partial charge on any atom is 0.305 e. The van der Waals surface area contributed by atoms with Crippen LogP contribution < -0.4 is 10.2 Å². The average Bonchev–Trinajstić information content (AvgIpc) is 2.41. The highest BCUT2D eigenvalue weighted by Gasteiger charge is 2.54. The molecule has 23 heavy (non-hydrogen) atoms. The van der Waals surface area contributed by atoms with E-state index < -0.39 is 11.5 Å². The van der Waals surface area contributed by atoms with Gasteiger partial charge in [-0.2, -0.15) is 5.48 Å². The van der Waals surface area contributed by atoms with Crippen LogP contribution in [-0.2, 0) is 15.2 Å². The number of benzene rings is 1. The van der Waals surface area contributed by atoms with Crippen LogP contribution in [0.25, 0.3) is 0 Å². The maximum atomic E-state index is 11.6. The molecule has 1 atom stereocenters. The fourth-order valence-electron chi connectivity index (χ4n) is 4.24. The highest BCUT2D eigenvalue weighted by Crippen LogP contribution is 2.54. The van der Waals surface area contributed by atoms with Gasteiger partial charge < -0.3 is 14.7 Å². The summed E-state index contributed by atoms with van der Waals surface area (Å²) in [5.41, 5.74) is 6.25. The fraction of sp³-hybridized carbons (Fsp3) is 0.611. The zero-order chi connectivity index (χ0) is 16.8. The number of hydrogen-bond acceptors (Lipinski definition) is 4. The molecule has 5 heteroatoms. The van der Waals surface area contributed by atoms with Crippen molar-refractivity contribution in [3.63, 3.8) is 0 Å². The molecular formula is C18H25NO4. The molecule has 1 saturated carbocycles. The molecule has 0 radical (unpaired) electrons. The Morgan fingerprint density at radius 3 is 2.57 bits per heavy atom. The molecule has 0 amide bonds. The van der Waals surface area contributed by atoms with Crippen LogP contribution in [-0.4, -0.2) is 23.8 Å². The number of rotatable bonds is 4. The summed E-state index contributed by atoms with van der Waals surface area (Å²) in [7, 11) is 1.54. The van der Waals surface area contributed by atoms with E-state index in [1.165, 1.54) is 5.56 Å². The molecule has 126 valence electrons. The van der Waals surface area contributed by atoms with Crippen molar-refractivity contribution >= 4 is 5.97 Å². The van der Waals surface area contributed by atoms with E-state index in [1.54, 1.807) is 7.11 Å². The molecule has 1 unspecified atom stereocenters. The third kappa shape index (κ3) is 2.52. The van der Waals surface area contributed by atoms with Crippen molar-refractivity contribution in [1.82, 2.24) is 5.48 Å². The zero-order valence-corrected chi connectivity index (χ0v) is 14.3. The van der Waals surface area contributed by atoms with E-state index in [4.69, 9.17) is 9.57 Å². The first-order valence-electron chi connectivity index (χ1n) is 8.15. The van der Waals surface area contributed by atoms with Gasteiger partial charge in [0.05, 0.1) is 19.1 Å². The van der Waals surface area contributed by atoms with Gasteiger partial charge in [0.1, 0.15) is 11.4 Å². The van der Waals surface area contributed by atoms with Crippen LogP contribution in [0.15, 0.2) is 6.07 Å². The van der Waals surface area contributed by atoms with E-state index in [2.05, 4.69) is 18.5 Å². The number of carbonyl (C=O) groups is 1. The topological polar surface area (TPSA) is 67.8 Å². The molecule has 0 saturated heterocycles. The second-order valence-corrected chi connectivity index (χ2v) is 7.11. The van der Waals surface area contributed by atoms with Crippen molar-refractivity contribution in [1.29, 1.82) is 0 Å². The Kier molecular flexibility index (Phi) is 3.89. The number of carboxylic acids is 1. The zero-order valence-electron chi connectivity index (χ0n) is 14.3. The predicted octanol–water partition coefficient (Wildman–Crippen LogP) is 3.14. The van der Waals surface area contributed by atoms with E-state index in [-0.39, 0.29) is 12.0 Å². The van der Waals surface area contributed by atoms with Crippen molar-refractivity contribution in [3.05, 3.63) is 28.3 Å². The number of aryl methyl sites for hydroxylation is 2. The molecule has 5 nitrogen and oxygen atoms in total. The first kappa shape index (κ1) is 16.3. The van der Waals surface area contributed by atoms with Gasteiger partial charge in [0.25, 0.3) is 0 Å². The lowest BCUT2D eigenvalue weighted by molar-refractivity contribution is -0.146. The first-order valence-corrected chi connectivity index (χ1v) is 8.15. The summed E-state index contributed by atoms with van der Waals surface area (Å²) < 4.78 is 6.44. The summed E-state index contributed by atoms with van der Waals surface area (Å²) in [6.45, 7) is 6.13. The van der Waals surface area contributed by atoms with Crippen LogP contribution in [0, 0.1) is 20.8 Å². The Bertz CT molecular complexity index is 651. The van der Waals surface area contributed by atoms with Crippen molar-refractivity contribution in [3.8, 4) is 5.75 Å². The Balaban J connectivity index is 2.23. The molecule has 1 aromatic carbocycles. The van der Waals surface area contributed by atoms with Crippen LogP contribution >= 0.6 is 0 Å². The summed E-state index contributed by atoms with van der Waals surface area (Å²) in [5, 5.41) is 9.52. The Labute approximate surface area is 136 Å². The van der Waals surface area contributed by atoms with Gasteiger partial charge in [0, 0.05) is 12.0 Å². The van der Waals surface area contributed by atoms with Gasteiger partial charge >= 0.3 is 5.97 Å². The summed E-state index contributed by atoms with van der Waals surface area (Å²) >= 11 is 0. The van der Waals surface area contributed by atoms with Crippen molar-refractivity contribution in [2.75, 3.05) is 7.11 Å². The summed E-state index contributed by atoms with van der Waals surface area (Å²) in [4.78, 5) is 16.9. The minimum atomic E-state index is -0.838. The highest BCUT2D eigenvalue weighted by atomic mass is 16.6. The largest absolute Gasteiger partial charge is 0.487 e. The summed E-state index contributed by atoms with van der Waals surface area (Å²) in [6.07, 6.45) is 3.64. The van der Waals surface area contributed by atoms with Gasteiger partial charge in [0.2, 0.25) is 0 Å². The van der Waals surface area contributed by atoms with Crippen LogP contribution in [0.2, 0.25) is 0 Å². The molecule has 1 aromatic rings. The minimum Gasteiger partial charge on any atom is -0.487 e. The van der Waals surface area contributed by atoms with E-state index in [1.807, 2.05) is 13.8 Å². The lowest BCUT2D eigenvalue weighted by atomic mass is 9.65. The van der Waals surface area contributed by atoms with Crippen LogP contribution in [0.5, 0.6) is 5.75 Å². The maximum absolute atomic E-state index is 11.6.